The molecule has 37 heavy (non-hydrogen) atoms. The lowest BCUT2D eigenvalue weighted by molar-refractivity contribution is -0.116. The minimum atomic E-state index is -0.671. The van der Waals surface area contributed by atoms with E-state index in [1.165, 1.54) is 41.5 Å². The summed E-state index contributed by atoms with van der Waals surface area (Å²) in [5, 5.41) is 21.5. The van der Waals surface area contributed by atoms with Crippen molar-refractivity contribution in [3.05, 3.63) is 76.4 Å². The summed E-state index contributed by atoms with van der Waals surface area (Å²) < 4.78 is 19.6. The van der Waals surface area contributed by atoms with Crippen LogP contribution in [0.4, 0.5) is 15.2 Å². The molecule has 12 heteroatoms. The molecule has 188 valence electrons. The van der Waals surface area contributed by atoms with Crippen molar-refractivity contribution in [2.75, 3.05) is 16.0 Å². The van der Waals surface area contributed by atoms with Crippen molar-refractivity contribution in [1.29, 1.82) is 5.26 Å². The Hall–Kier alpha value is -3.95. The number of anilines is 2. The molecule has 0 fully saturated rings. The summed E-state index contributed by atoms with van der Waals surface area (Å²) in [4.78, 5) is 27.1. The van der Waals surface area contributed by atoms with E-state index in [-0.39, 0.29) is 28.8 Å². The number of aromatic nitrogens is 2. The maximum atomic E-state index is 13.5. The molecule has 1 unspecified atom stereocenters. The molecule has 1 atom stereocenters. The van der Waals surface area contributed by atoms with Crippen molar-refractivity contribution in [1.82, 2.24) is 10.2 Å². The van der Waals surface area contributed by atoms with E-state index in [1.54, 1.807) is 30.0 Å². The fourth-order valence-electron chi connectivity index (χ4n) is 4.44. The van der Waals surface area contributed by atoms with Gasteiger partial charge in [0.2, 0.25) is 11.0 Å². The number of aryl methyl sites for hydroxylation is 1. The highest BCUT2D eigenvalue weighted by molar-refractivity contribution is 8.01. The molecule has 2 aliphatic rings. The van der Waals surface area contributed by atoms with E-state index in [4.69, 9.17) is 10.2 Å². The van der Waals surface area contributed by atoms with E-state index < -0.39 is 11.7 Å². The molecule has 3 N–H and O–H groups in total. The molecule has 1 aromatic carbocycles. The van der Waals surface area contributed by atoms with Gasteiger partial charge in [-0.15, -0.1) is 10.2 Å². The van der Waals surface area contributed by atoms with Gasteiger partial charge in [0.25, 0.3) is 0 Å². The van der Waals surface area contributed by atoms with Crippen LogP contribution in [0.3, 0.4) is 0 Å². The van der Waals surface area contributed by atoms with Crippen LogP contribution in [0, 0.1) is 24.1 Å². The molecule has 0 spiro atoms. The van der Waals surface area contributed by atoms with Crippen LogP contribution in [0.5, 0.6) is 0 Å². The topological polar surface area (TPSA) is 138 Å². The standard InChI is InChI=1S/C25H21FN6O3S2/c1-13-7-8-14(26)10-16(13)29-20(34)12-36-25-31-30-24(37-25)32-17-4-2-5-18(33)22(17)21(15(11-27)23(32)28)19-6-3-9-35-19/h3,6-10,21H,2,4-5,12,28H2,1H3,(H,29,34). The van der Waals surface area contributed by atoms with Gasteiger partial charge in [0.15, 0.2) is 10.1 Å². The number of nitriles is 1. The molecular weight excluding hydrogens is 515 g/mol. The number of nitrogens with one attached hydrogen (secondary N) is 1. The molecule has 0 saturated heterocycles. The fourth-order valence-corrected chi connectivity index (χ4v) is 6.12. The molecule has 0 radical (unpaired) electrons. The number of Topliss-reactive ketones (excluding diaryl/α,β-unsaturated/α-hetero) is 1. The maximum absolute atomic E-state index is 13.5. The third kappa shape index (κ3) is 4.75. The minimum Gasteiger partial charge on any atom is -0.468 e. The number of furan rings is 1. The highest BCUT2D eigenvalue weighted by Crippen LogP contribution is 2.47. The van der Waals surface area contributed by atoms with E-state index in [1.807, 2.05) is 0 Å². The Labute approximate surface area is 219 Å². The van der Waals surface area contributed by atoms with Crippen molar-refractivity contribution in [3.8, 4) is 6.07 Å². The monoisotopic (exact) mass is 536 g/mol. The first-order valence-electron chi connectivity index (χ1n) is 11.4. The number of rotatable bonds is 6. The molecule has 1 aliphatic heterocycles. The highest BCUT2D eigenvalue weighted by atomic mass is 32.2. The summed E-state index contributed by atoms with van der Waals surface area (Å²) in [6, 6.07) is 9.80. The number of benzene rings is 1. The number of nitrogens with two attached hydrogens (primary N) is 1. The second-order valence-electron chi connectivity index (χ2n) is 8.48. The molecule has 0 saturated carbocycles. The number of allylic oxidation sites excluding steroid dienone is 3. The maximum Gasteiger partial charge on any atom is 0.234 e. The first-order valence-corrected chi connectivity index (χ1v) is 13.2. The number of thioether (sulfide) groups is 1. The molecule has 0 bridgehead atoms. The van der Waals surface area contributed by atoms with Gasteiger partial charge in [0.05, 0.1) is 29.6 Å². The molecule has 3 aromatic rings. The van der Waals surface area contributed by atoms with Gasteiger partial charge >= 0.3 is 0 Å². The number of carbonyl (C=O) groups excluding carboxylic acids is 2. The lowest BCUT2D eigenvalue weighted by Crippen LogP contribution is -2.38. The van der Waals surface area contributed by atoms with Crippen molar-refractivity contribution in [3.63, 3.8) is 0 Å². The van der Waals surface area contributed by atoms with Crippen LogP contribution >= 0.6 is 23.1 Å². The predicted octanol–water partition coefficient (Wildman–Crippen LogP) is 4.61. The Balaban J connectivity index is 1.39. The minimum absolute atomic E-state index is 0.0341. The number of hydrogen-bond donors (Lipinski definition) is 2. The molecule has 9 nitrogen and oxygen atoms in total. The fraction of sp³-hybridized carbons (Fsp3) is 0.240. The smallest absolute Gasteiger partial charge is 0.234 e. The van der Waals surface area contributed by atoms with Crippen LogP contribution in [0.2, 0.25) is 0 Å². The van der Waals surface area contributed by atoms with Crippen molar-refractivity contribution in [2.45, 2.75) is 36.4 Å². The first kappa shape index (κ1) is 24.7. The first-order chi connectivity index (χ1) is 17.9. The number of hydrogen-bond acceptors (Lipinski definition) is 10. The normalized spacial score (nSPS) is 17.6. The largest absolute Gasteiger partial charge is 0.468 e. The van der Waals surface area contributed by atoms with E-state index in [0.29, 0.717) is 51.5 Å². The second-order valence-corrected chi connectivity index (χ2v) is 10.7. The number of nitrogens with zero attached hydrogens (tertiary/aromatic N) is 4. The average Bonchev–Trinajstić information content (AvgIpc) is 3.57. The van der Waals surface area contributed by atoms with Gasteiger partial charge in [-0.25, -0.2) is 4.39 Å². The van der Waals surface area contributed by atoms with Gasteiger partial charge in [-0.1, -0.05) is 29.2 Å². The summed E-state index contributed by atoms with van der Waals surface area (Å²) >= 11 is 2.37. The van der Waals surface area contributed by atoms with Gasteiger partial charge in [-0.05, 0) is 49.6 Å². The van der Waals surface area contributed by atoms with Gasteiger partial charge in [-0.2, -0.15) is 5.26 Å². The zero-order chi connectivity index (χ0) is 26.1. The lowest BCUT2D eigenvalue weighted by Gasteiger charge is -2.37. The quantitative estimate of drug-likeness (QED) is 0.432. The van der Waals surface area contributed by atoms with Crippen LogP contribution in [-0.4, -0.2) is 27.6 Å². The third-order valence-corrected chi connectivity index (χ3v) is 8.17. The van der Waals surface area contributed by atoms with Crippen LogP contribution in [0.1, 0.15) is 36.5 Å². The highest BCUT2D eigenvalue weighted by Gasteiger charge is 2.42. The molecule has 1 aliphatic carbocycles. The van der Waals surface area contributed by atoms with Crippen molar-refractivity contribution >= 4 is 45.6 Å². The number of ketones is 1. The summed E-state index contributed by atoms with van der Waals surface area (Å²) in [6.07, 6.45) is 3.10. The number of amides is 1. The SMILES string of the molecule is Cc1ccc(F)cc1NC(=O)CSc1nnc(N2C(N)=C(C#N)C(c3ccco3)C3=C2CCCC3=O)s1. The summed E-state index contributed by atoms with van der Waals surface area (Å²) in [5.41, 5.74) is 9.02. The van der Waals surface area contributed by atoms with E-state index in [0.717, 1.165) is 5.56 Å². The van der Waals surface area contributed by atoms with Gasteiger partial charge in [-0.3, -0.25) is 14.5 Å². The van der Waals surface area contributed by atoms with Gasteiger partial charge < -0.3 is 15.5 Å². The van der Waals surface area contributed by atoms with Crippen LogP contribution in [-0.2, 0) is 9.59 Å². The van der Waals surface area contributed by atoms with E-state index >= 15 is 0 Å². The molecule has 3 heterocycles. The lowest BCUT2D eigenvalue weighted by atomic mass is 9.78. The number of halogens is 1. The molecule has 1 amide bonds. The average molecular weight is 537 g/mol. The summed E-state index contributed by atoms with van der Waals surface area (Å²) in [6.45, 7) is 1.78. The predicted molar refractivity (Wildman–Crippen MR) is 137 cm³/mol. The van der Waals surface area contributed by atoms with Gasteiger partial charge in [0.1, 0.15) is 17.4 Å². The Bertz CT molecular complexity index is 1490. The Morgan fingerprint density at radius 1 is 1.38 bits per heavy atom. The number of carbonyl (C=O) groups is 2. The Kier molecular flexibility index (Phi) is 6.82. The Morgan fingerprint density at radius 3 is 2.97 bits per heavy atom. The zero-order valence-electron chi connectivity index (χ0n) is 19.7. The van der Waals surface area contributed by atoms with Gasteiger partial charge in [0, 0.05) is 23.4 Å². The van der Waals surface area contributed by atoms with Crippen LogP contribution in [0.25, 0.3) is 0 Å². The van der Waals surface area contributed by atoms with Crippen molar-refractivity contribution in [2.24, 2.45) is 5.73 Å². The molecular formula is C25H21FN6O3S2. The van der Waals surface area contributed by atoms with Crippen molar-refractivity contribution < 1.29 is 18.4 Å². The van der Waals surface area contributed by atoms with E-state index in [2.05, 4.69) is 21.6 Å². The summed E-state index contributed by atoms with van der Waals surface area (Å²) in [5.74, 6) is -0.794. The molecule has 2 aromatic heterocycles. The van der Waals surface area contributed by atoms with E-state index in [9.17, 15) is 19.2 Å². The van der Waals surface area contributed by atoms with Crippen LogP contribution in [0.15, 0.2) is 68.0 Å². The second kappa shape index (κ2) is 10.2. The summed E-state index contributed by atoms with van der Waals surface area (Å²) in [7, 11) is 0. The zero-order valence-corrected chi connectivity index (χ0v) is 21.3. The molecule has 5 rings (SSSR count). The third-order valence-electron chi connectivity index (χ3n) is 6.13. The Morgan fingerprint density at radius 2 is 2.22 bits per heavy atom. The van der Waals surface area contributed by atoms with Crippen LogP contribution < -0.4 is 16.0 Å².